The van der Waals surface area contributed by atoms with Crippen LogP contribution in [0.4, 0.5) is 0 Å². The first-order chi connectivity index (χ1) is 9.65. The molecule has 1 aromatic carbocycles. The Labute approximate surface area is 115 Å². The van der Waals surface area contributed by atoms with Gasteiger partial charge in [-0.25, -0.2) is 0 Å². The Morgan fingerprint density at radius 1 is 1.15 bits per heavy atom. The van der Waals surface area contributed by atoms with Crippen molar-refractivity contribution in [2.75, 3.05) is 0 Å². The highest BCUT2D eigenvalue weighted by Crippen LogP contribution is 2.04. The van der Waals surface area contributed by atoms with Gasteiger partial charge in [0, 0.05) is 19.0 Å². The number of tetrazole rings is 1. The van der Waals surface area contributed by atoms with E-state index < -0.39 is 0 Å². The Bertz CT molecular complexity index is 579. The topological polar surface area (TPSA) is 113 Å². The molecule has 8 nitrogen and oxygen atoms in total. The van der Waals surface area contributed by atoms with Crippen LogP contribution < -0.4 is 10.6 Å². The number of aromatic amines is 1. The second kappa shape index (κ2) is 6.41. The lowest BCUT2D eigenvalue weighted by atomic mass is 10.1. The molecule has 8 heteroatoms. The number of benzene rings is 1. The fourth-order valence-corrected chi connectivity index (χ4v) is 1.52. The number of hydrogen-bond donors (Lipinski definition) is 3. The number of amides is 2. The molecule has 0 aliphatic carbocycles. The van der Waals surface area contributed by atoms with Crippen LogP contribution >= 0.6 is 0 Å². The van der Waals surface area contributed by atoms with Gasteiger partial charge in [-0.1, -0.05) is 17.3 Å². The molecule has 0 fully saturated rings. The summed E-state index contributed by atoms with van der Waals surface area (Å²) in [5.74, 6) is 0.105. The first-order valence-corrected chi connectivity index (χ1v) is 5.99. The van der Waals surface area contributed by atoms with Crippen molar-refractivity contribution in [3.63, 3.8) is 0 Å². The highest BCUT2D eigenvalue weighted by atomic mass is 16.2. The van der Waals surface area contributed by atoms with Crippen LogP contribution in [0.3, 0.4) is 0 Å². The number of H-pyrrole nitrogens is 1. The summed E-state index contributed by atoms with van der Waals surface area (Å²) >= 11 is 0. The lowest BCUT2D eigenvalue weighted by Gasteiger charge is -2.05. The smallest absolute Gasteiger partial charge is 0.251 e. The molecule has 1 heterocycles. The van der Waals surface area contributed by atoms with Crippen LogP contribution in [0.1, 0.15) is 28.7 Å². The van der Waals surface area contributed by atoms with Gasteiger partial charge in [0.15, 0.2) is 5.82 Å². The summed E-state index contributed by atoms with van der Waals surface area (Å²) in [6.07, 6.45) is 0. The monoisotopic (exact) mass is 274 g/mol. The molecule has 1 aromatic heterocycles. The molecule has 0 aliphatic rings. The minimum absolute atomic E-state index is 0.0908. The van der Waals surface area contributed by atoms with E-state index in [4.69, 9.17) is 0 Å². The predicted molar refractivity (Wildman–Crippen MR) is 69.3 cm³/mol. The number of nitrogens with one attached hydrogen (secondary N) is 3. The Morgan fingerprint density at radius 2 is 1.90 bits per heavy atom. The maximum absolute atomic E-state index is 11.9. The van der Waals surface area contributed by atoms with Gasteiger partial charge in [-0.2, -0.15) is 5.21 Å². The zero-order valence-electron chi connectivity index (χ0n) is 10.9. The summed E-state index contributed by atoms with van der Waals surface area (Å²) in [7, 11) is 0. The molecule has 0 atom stereocenters. The van der Waals surface area contributed by atoms with Crippen molar-refractivity contribution < 1.29 is 9.59 Å². The molecule has 3 N–H and O–H groups in total. The van der Waals surface area contributed by atoms with Crippen LogP contribution in [0, 0.1) is 0 Å². The minimum atomic E-state index is -0.221. The number of carbonyl (C=O) groups excluding carboxylic acids is 2. The predicted octanol–water partition coefficient (Wildman–Crippen LogP) is -0.234. The number of carbonyl (C=O) groups is 2. The van der Waals surface area contributed by atoms with E-state index in [1.54, 1.807) is 24.3 Å². The van der Waals surface area contributed by atoms with Gasteiger partial charge in [0.25, 0.3) is 5.91 Å². The first kappa shape index (κ1) is 13.7. The van der Waals surface area contributed by atoms with E-state index in [9.17, 15) is 9.59 Å². The van der Waals surface area contributed by atoms with E-state index in [1.165, 1.54) is 6.92 Å². The molecule has 0 unspecified atom stereocenters. The highest BCUT2D eigenvalue weighted by Gasteiger charge is 2.06. The maximum atomic E-state index is 11.9. The average Bonchev–Trinajstić information content (AvgIpc) is 2.96. The van der Waals surface area contributed by atoms with Crippen molar-refractivity contribution in [1.82, 2.24) is 31.3 Å². The Hall–Kier alpha value is -2.77. The third-order valence-electron chi connectivity index (χ3n) is 2.55. The number of rotatable bonds is 5. The van der Waals surface area contributed by atoms with E-state index >= 15 is 0 Å². The number of hydrogen-bond acceptors (Lipinski definition) is 5. The second-order valence-electron chi connectivity index (χ2n) is 4.12. The summed E-state index contributed by atoms with van der Waals surface area (Å²) in [6.45, 7) is 2.11. The molecule has 2 rings (SSSR count). The van der Waals surface area contributed by atoms with Crippen LogP contribution in [0.15, 0.2) is 24.3 Å². The highest BCUT2D eigenvalue weighted by molar-refractivity contribution is 5.94. The fraction of sp³-hybridized carbons (Fsp3) is 0.250. The SMILES string of the molecule is CC(=O)NCc1ccc(C(=O)NCc2nn[nH]n2)cc1. The molecule has 0 saturated carbocycles. The summed E-state index contributed by atoms with van der Waals surface area (Å²) in [6, 6.07) is 6.98. The Balaban J connectivity index is 1.88. The van der Waals surface area contributed by atoms with E-state index in [0.717, 1.165) is 5.56 Å². The van der Waals surface area contributed by atoms with Crippen molar-refractivity contribution in [1.29, 1.82) is 0 Å². The van der Waals surface area contributed by atoms with Crippen LogP contribution in [0.25, 0.3) is 0 Å². The molecule has 104 valence electrons. The van der Waals surface area contributed by atoms with Gasteiger partial charge < -0.3 is 10.6 Å². The summed E-state index contributed by atoms with van der Waals surface area (Å²) in [4.78, 5) is 22.6. The molecule has 20 heavy (non-hydrogen) atoms. The molecule has 0 bridgehead atoms. The Morgan fingerprint density at radius 3 is 2.50 bits per heavy atom. The quantitative estimate of drug-likeness (QED) is 0.697. The standard InChI is InChI=1S/C12H14N6O2/c1-8(19)13-6-9-2-4-10(5-3-9)12(20)14-7-11-15-17-18-16-11/h2-5H,6-7H2,1H3,(H,13,19)(H,14,20)(H,15,16,17,18). The Kier molecular flexibility index (Phi) is 4.38. The molecule has 0 spiro atoms. The van der Waals surface area contributed by atoms with Gasteiger partial charge in [0.05, 0.1) is 6.54 Å². The number of aromatic nitrogens is 4. The van der Waals surface area contributed by atoms with E-state index in [-0.39, 0.29) is 18.4 Å². The summed E-state index contributed by atoms with van der Waals surface area (Å²) < 4.78 is 0. The largest absolute Gasteiger partial charge is 0.352 e. The molecule has 2 amide bonds. The van der Waals surface area contributed by atoms with Gasteiger partial charge in [0.2, 0.25) is 5.91 Å². The minimum Gasteiger partial charge on any atom is -0.352 e. The molecule has 2 aromatic rings. The van der Waals surface area contributed by atoms with Crippen molar-refractivity contribution in [2.45, 2.75) is 20.0 Å². The molecule has 0 radical (unpaired) electrons. The van der Waals surface area contributed by atoms with Gasteiger partial charge in [0.1, 0.15) is 0 Å². The second-order valence-corrected chi connectivity index (χ2v) is 4.12. The zero-order chi connectivity index (χ0) is 14.4. The maximum Gasteiger partial charge on any atom is 0.251 e. The van der Waals surface area contributed by atoms with Gasteiger partial charge in [-0.15, -0.1) is 10.2 Å². The van der Waals surface area contributed by atoms with Crippen molar-refractivity contribution in [2.24, 2.45) is 0 Å². The summed E-state index contributed by atoms with van der Waals surface area (Å²) in [5.41, 5.74) is 1.45. The third-order valence-corrected chi connectivity index (χ3v) is 2.55. The molecule has 0 aliphatic heterocycles. The third kappa shape index (κ3) is 3.87. The first-order valence-electron chi connectivity index (χ1n) is 5.99. The van der Waals surface area contributed by atoms with E-state index in [1.807, 2.05) is 0 Å². The van der Waals surface area contributed by atoms with Crippen LogP contribution in [-0.4, -0.2) is 32.4 Å². The average molecular weight is 274 g/mol. The molecular weight excluding hydrogens is 260 g/mol. The van der Waals surface area contributed by atoms with Crippen molar-refractivity contribution in [3.05, 3.63) is 41.2 Å². The number of nitrogens with zero attached hydrogens (tertiary/aromatic N) is 3. The molecular formula is C12H14N6O2. The lowest BCUT2D eigenvalue weighted by Crippen LogP contribution is -2.23. The van der Waals surface area contributed by atoms with Gasteiger partial charge >= 0.3 is 0 Å². The normalized spacial score (nSPS) is 10.1. The zero-order valence-corrected chi connectivity index (χ0v) is 10.9. The summed E-state index contributed by atoms with van der Waals surface area (Å²) in [5, 5.41) is 18.5. The van der Waals surface area contributed by atoms with E-state index in [2.05, 4.69) is 31.3 Å². The van der Waals surface area contributed by atoms with Crippen LogP contribution in [0.2, 0.25) is 0 Å². The van der Waals surface area contributed by atoms with Crippen molar-refractivity contribution in [3.8, 4) is 0 Å². The van der Waals surface area contributed by atoms with Gasteiger partial charge in [-0.3, -0.25) is 9.59 Å². The van der Waals surface area contributed by atoms with Crippen LogP contribution in [0.5, 0.6) is 0 Å². The van der Waals surface area contributed by atoms with Crippen LogP contribution in [-0.2, 0) is 17.9 Å². The lowest BCUT2D eigenvalue weighted by molar-refractivity contribution is -0.119. The van der Waals surface area contributed by atoms with Gasteiger partial charge in [-0.05, 0) is 17.7 Å². The van der Waals surface area contributed by atoms with E-state index in [0.29, 0.717) is 17.9 Å². The van der Waals surface area contributed by atoms with Crippen molar-refractivity contribution >= 4 is 11.8 Å². The fourth-order valence-electron chi connectivity index (χ4n) is 1.52. The molecule has 0 saturated heterocycles.